The average molecular weight is 169 g/mol. The molecule has 12 heavy (non-hydrogen) atoms. The Labute approximate surface area is 72.3 Å². The van der Waals surface area contributed by atoms with Crippen LogP contribution in [0.1, 0.15) is 11.4 Å². The number of hydrogen-bond acceptors (Lipinski definition) is 3. The maximum absolute atomic E-state index is 5.43. The van der Waals surface area contributed by atoms with Gasteiger partial charge < -0.3 is 10.5 Å². The van der Waals surface area contributed by atoms with Crippen molar-refractivity contribution in [3.63, 3.8) is 0 Å². The van der Waals surface area contributed by atoms with Gasteiger partial charge in [0.25, 0.3) is 0 Å². The predicted molar refractivity (Wildman–Crippen MR) is 47.3 cm³/mol. The van der Waals surface area contributed by atoms with E-state index in [0.29, 0.717) is 6.54 Å². The maximum atomic E-state index is 5.43. The summed E-state index contributed by atoms with van der Waals surface area (Å²) in [6, 6.07) is 0. The second-order valence-corrected chi connectivity index (χ2v) is 2.72. The Morgan fingerprint density at radius 2 is 2.17 bits per heavy atom. The minimum absolute atomic E-state index is 0.602. The van der Waals surface area contributed by atoms with E-state index >= 15 is 0 Å². The van der Waals surface area contributed by atoms with Gasteiger partial charge in [-0.2, -0.15) is 5.10 Å². The van der Waals surface area contributed by atoms with E-state index in [4.69, 9.17) is 10.5 Å². The molecule has 1 aromatic rings. The Morgan fingerprint density at radius 1 is 1.50 bits per heavy atom. The van der Waals surface area contributed by atoms with Crippen LogP contribution in [0.4, 0.5) is 0 Å². The topological polar surface area (TPSA) is 53.1 Å². The largest absolute Gasteiger partial charge is 0.493 e. The van der Waals surface area contributed by atoms with E-state index in [2.05, 4.69) is 5.10 Å². The average Bonchev–Trinajstić information content (AvgIpc) is 2.29. The van der Waals surface area contributed by atoms with E-state index in [9.17, 15) is 0 Å². The molecule has 1 heterocycles. The van der Waals surface area contributed by atoms with Crippen LogP contribution in [0.25, 0.3) is 0 Å². The number of nitrogens with two attached hydrogens (primary N) is 1. The van der Waals surface area contributed by atoms with Crippen LogP contribution >= 0.6 is 0 Å². The van der Waals surface area contributed by atoms with Gasteiger partial charge in [-0.15, -0.1) is 0 Å². The number of aromatic nitrogens is 2. The van der Waals surface area contributed by atoms with Gasteiger partial charge in [-0.1, -0.05) is 0 Å². The SMILES string of the molecule is COc1c(C)nn(CCN)c1C. The lowest BCUT2D eigenvalue weighted by Crippen LogP contribution is -2.12. The summed E-state index contributed by atoms with van der Waals surface area (Å²) in [5.74, 6) is 0.864. The summed E-state index contributed by atoms with van der Waals surface area (Å²) in [7, 11) is 1.66. The van der Waals surface area contributed by atoms with Gasteiger partial charge in [0.15, 0.2) is 5.75 Å². The van der Waals surface area contributed by atoms with Gasteiger partial charge in [0, 0.05) is 6.54 Å². The molecule has 0 spiro atoms. The Balaban J connectivity index is 3.00. The summed E-state index contributed by atoms with van der Waals surface area (Å²) in [5, 5.41) is 4.28. The molecule has 0 amide bonds. The Morgan fingerprint density at radius 3 is 2.58 bits per heavy atom. The van der Waals surface area contributed by atoms with Crippen molar-refractivity contribution in [2.45, 2.75) is 20.4 Å². The quantitative estimate of drug-likeness (QED) is 0.715. The predicted octanol–water partition coefficient (Wildman–Crippen LogP) is 0.467. The minimum atomic E-state index is 0.602. The molecule has 0 fully saturated rings. The van der Waals surface area contributed by atoms with Crippen molar-refractivity contribution >= 4 is 0 Å². The zero-order valence-corrected chi connectivity index (χ0v) is 7.79. The molecule has 0 aromatic carbocycles. The third-order valence-electron chi connectivity index (χ3n) is 1.86. The Kier molecular flexibility index (Phi) is 2.70. The molecule has 0 aliphatic carbocycles. The third-order valence-corrected chi connectivity index (χ3v) is 1.86. The third kappa shape index (κ3) is 1.43. The monoisotopic (exact) mass is 169 g/mol. The highest BCUT2D eigenvalue weighted by molar-refractivity contribution is 5.31. The minimum Gasteiger partial charge on any atom is -0.493 e. The van der Waals surface area contributed by atoms with E-state index in [0.717, 1.165) is 23.7 Å². The highest BCUT2D eigenvalue weighted by Gasteiger charge is 2.10. The highest BCUT2D eigenvalue weighted by Crippen LogP contribution is 2.20. The molecule has 0 saturated heterocycles. The summed E-state index contributed by atoms with van der Waals surface area (Å²) >= 11 is 0. The fourth-order valence-electron chi connectivity index (χ4n) is 1.32. The van der Waals surface area contributed by atoms with Crippen LogP contribution < -0.4 is 10.5 Å². The second kappa shape index (κ2) is 3.58. The number of methoxy groups -OCH3 is 1. The molecule has 2 N–H and O–H groups in total. The normalized spacial score (nSPS) is 10.3. The maximum Gasteiger partial charge on any atom is 0.162 e. The molecule has 0 atom stereocenters. The molecule has 0 bridgehead atoms. The van der Waals surface area contributed by atoms with Crippen molar-refractivity contribution < 1.29 is 4.74 Å². The van der Waals surface area contributed by atoms with Crippen LogP contribution in [0.2, 0.25) is 0 Å². The summed E-state index contributed by atoms with van der Waals surface area (Å²) in [6.07, 6.45) is 0. The van der Waals surface area contributed by atoms with Crippen molar-refractivity contribution in [3.8, 4) is 5.75 Å². The molecular weight excluding hydrogens is 154 g/mol. The molecule has 0 saturated carbocycles. The van der Waals surface area contributed by atoms with Crippen molar-refractivity contribution in [3.05, 3.63) is 11.4 Å². The van der Waals surface area contributed by atoms with E-state index < -0.39 is 0 Å². The molecule has 1 rings (SSSR count). The number of ether oxygens (including phenoxy) is 1. The molecule has 0 unspecified atom stereocenters. The molecule has 0 aliphatic heterocycles. The zero-order chi connectivity index (χ0) is 9.14. The van der Waals surface area contributed by atoms with Gasteiger partial charge in [-0.3, -0.25) is 4.68 Å². The number of hydrogen-bond donors (Lipinski definition) is 1. The standard InChI is InChI=1S/C8H15N3O/c1-6-8(12-3)7(2)11(10-6)5-4-9/h4-5,9H2,1-3H3. The molecule has 0 aliphatic rings. The summed E-state index contributed by atoms with van der Waals surface area (Å²) < 4.78 is 7.05. The molecule has 1 aromatic heterocycles. The molecule has 0 radical (unpaired) electrons. The molecule has 68 valence electrons. The second-order valence-electron chi connectivity index (χ2n) is 2.72. The highest BCUT2D eigenvalue weighted by atomic mass is 16.5. The van der Waals surface area contributed by atoms with Crippen molar-refractivity contribution in [2.75, 3.05) is 13.7 Å². The van der Waals surface area contributed by atoms with Crippen LogP contribution in [0, 0.1) is 13.8 Å². The van der Waals surface area contributed by atoms with Gasteiger partial charge in [-0.25, -0.2) is 0 Å². The van der Waals surface area contributed by atoms with E-state index in [1.165, 1.54) is 0 Å². The van der Waals surface area contributed by atoms with Crippen molar-refractivity contribution in [1.29, 1.82) is 0 Å². The first-order valence-corrected chi connectivity index (χ1v) is 3.98. The Hall–Kier alpha value is -1.03. The molecule has 4 nitrogen and oxygen atoms in total. The van der Waals surface area contributed by atoms with Crippen LogP contribution in [0.15, 0.2) is 0 Å². The van der Waals surface area contributed by atoms with E-state index in [1.54, 1.807) is 7.11 Å². The van der Waals surface area contributed by atoms with E-state index in [-0.39, 0.29) is 0 Å². The lowest BCUT2D eigenvalue weighted by atomic mass is 10.3. The molecule has 4 heteroatoms. The number of nitrogens with zero attached hydrogens (tertiary/aromatic N) is 2. The zero-order valence-electron chi connectivity index (χ0n) is 7.79. The lowest BCUT2D eigenvalue weighted by molar-refractivity contribution is 0.407. The summed E-state index contributed by atoms with van der Waals surface area (Å²) in [6.45, 7) is 5.26. The number of aryl methyl sites for hydroxylation is 1. The van der Waals surface area contributed by atoms with Gasteiger partial charge >= 0.3 is 0 Å². The number of rotatable bonds is 3. The van der Waals surface area contributed by atoms with Gasteiger partial charge in [0.2, 0.25) is 0 Å². The first-order valence-electron chi connectivity index (χ1n) is 3.98. The first-order chi connectivity index (χ1) is 5.70. The van der Waals surface area contributed by atoms with Crippen molar-refractivity contribution in [2.24, 2.45) is 5.73 Å². The Bertz CT molecular complexity index is 268. The van der Waals surface area contributed by atoms with Crippen molar-refractivity contribution in [1.82, 2.24) is 9.78 Å². The lowest BCUT2D eigenvalue weighted by Gasteiger charge is -2.01. The van der Waals surface area contributed by atoms with Crippen LogP contribution in [0.3, 0.4) is 0 Å². The van der Waals surface area contributed by atoms with Gasteiger partial charge in [0.1, 0.15) is 5.69 Å². The summed E-state index contributed by atoms with van der Waals surface area (Å²) in [4.78, 5) is 0. The molecular formula is C8H15N3O. The van der Waals surface area contributed by atoms with Crippen LogP contribution in [0.5, 0.6) is 5.75 Å². The first kappa shape index (κ1) is 9.06. The van der Waals surface area contributed by atoms with E-state index in [1.807, 2.05) is 18.5 Å². The fraction of sp³-hybridized carbons (Fsp3) is 0.625. The van der Waals surface area contributed by atoms with Crippen LogP contribution in [-0.4, -0.2) is 23.4 Å². The smallest absolute Gasteiger partial charge is 0.162 e. The van der Waals surface area contributed by atoms with Gasteiger partial charge in [-0.05, 0) is 13.8 Å². The van der Waals surface area contributed by atoms with Gasteiger partial charge in [0.05, 0.1) is 19.3 Å². The summed E-state index contributed by atoms with van der Waals surface area (Å²) in [5.41, 5.74) is 7.39. The fourth-order valence-corrected chi connectivity index (χ4v) is 1.32. The van der Waals surface area contributed by atoms with Crippen LogP contribution in [-0.2, 0) is 6.54 Å².